The van der Waals surface area contributed by atoms with Crippen molar-refractivity contribution in [2.45, 2.75) is 44.8 Å². The first-order chi connectivity index (χ1) is 15.2. The maximum atomic E-state index is 13.2. The first kappa shape index (κ1) is 21.3. The van der Waals surface area contributed by atoms with Crippen LogP contribution in [0.3, 0.4) is 0 Å². The number of unbranched alkanes of at least 4 members (excludes halogenated alkanes) is 1. The summed E-state index contributed by atoms with van der Waals surface area (Å²) in [6.07, 6.45) is 6.73. The summed E-state index contributed by atoms with van der Waals surface area (Å²) in [5.41, 5.74) is 1.69. The summed E-state index contributed by atoms with van der Waals surface area (Å²) in [6, 6.07) is 7.26. The Kier molecular flexibility index (Phi) is 6.79. The molecule has 164 valence electrons. The molecule has 0 bridgehead atoms. The summed E-state index contributed by atoms with van der Waals surface area (Å²) in [7, 11) is 0. The Labute approximate surface area is 181 Å². The van der Waals surface area contributed by atoms with Crippen LogP contribution in [0.1, 0.15) is 48.5 Å². The molecule has 1 fully saturated rings. The highest BCUT2D eigenvalue weighted by Gasteiger charge is 2.24. The van der Waals surface area contributed by atoms with Gasteiger partial charge in [0.1, 0.15) is 23.5 Å². The smallest absolute Gasteiger partial charge is 0.195 e. The van der Waals surface area contributed by atoms with Gasteiger partial charge in [0.15, 0.2) is 5.78 Å². The van der Waals surface area contributed by atoms with Crippen LogP contribution >= 0.6 is 0 Å². The van der Waals surface area contributed by atoms with Crippen LogP contribution in [0, 0.1) is 0 Å². The van der Waals surface area contributed by atoms with Crippen LogP contribution in [-0.4, -0.2) is 57.8 Å². The van der Waals surface area contributed by atoms with Gasteiger partial charge in [0.05, 0.1) is 42.9 Å². The van der Waals surface area contributed by atoms with Crippen LogP contribution in [0.15, 0.2) is 36.8 Å². The lowest BCUT2D eigenvalue weighted by Crippen LogP contribution is -2.36. The van der Waals surface area contributed by atoms with E-state index >= 15 is 0 Å². The average molecular weight is 425 g/mol. The van der Waals surface area contributed by atoms with E-state index in [-0.39, 0.29) is 24.5 Å². The predicted octanol–water partition coefficient (Wildman–Crippen LogP) is 3.32. The van der Waals surface area contributed by atoms with Gasteiger partial charge in [-0.1, -0.05) is 13.3 Å². The number of benzene rings is 1. The number of aliphatic hydroxyl groups is 1. The fourth-order valence-corrected chi connectivity index (χ4v) is 3.70. The number of anilines is 1. The topological polar surface area (TPSA) is 109 Å². The molecule has 0 amide bonds. The van der Waals surface area contributed by atoms with Gasteiger partial charge < -0.3 is 24.9 Å². The van der Waals surface area contributed by atoms with Gasteiger partial charge in [-0.3, -0.25) is 4.79 Å². The second-order valence-corrected chi connectivity index (χ2v) is 7.76. The number of carbonyl (C=O) groups is 1. The second kappa shape index (κ2) is 9.89. The Morgan fingerprint density at radius 1 is 1.29 bits per heavy atom. The van der Waals surface area contributed by atoms with E-state index in [1.807, 2.05) is 12.1 Å². The monoisotopic (exact) mass is 424 g/mol. The van der Waals surface area contributed by atoms with E-state index in [2.05, 4.69) is 27.2 Å². The third-order valence-electron chi connectivity index (χ3n) is 5.51. The molecular weight excluding hydrogens is 396 g/mol. The lowest BCUT2D eigenvalue weighted by Gasteiger charge is -2.29. The van der Waals surface area contributed by atoms with Crippen LogP contribution in [-0.2, 0) is 4.74 Å². The Balaban J connectivity index is 1.53. The zero-order valence-electron chi connectivity index (χ0n) is 17.6. The number of ether oxygens (including phenoxy) is 2. The van der Waals surface area contributed by atoms with Gasteiger partial charge >= 0.3 is 0 Å². The van der Waals surface area contributed by atoms with Gasteiger partial charge in [0, 0.05) is 11.8 Å². The number of nitrogens with one attached hydrogen (secondary N) is 2. The van der Waals surface area contributed by atoms with Gasteiger partial charge in [-0.15, -0.1) is 0 Å². The molecule has 8 heteroatoms. The largest absolute Gasteiger partial charge is 0.494 e. The van der Waals surface area contributed by atoms with E-state index in [0.717, 1.165) is 31.4 Å². The molecule has 0 unspecified atom stereocenters. The highest BCUT2D eigenvalue weighted by atomic mass is 16.5. The molecule has 0 spiro atoms. The third-order valence-corrected chi connectivity index (χ3v) is 5.51. The molecule has 8 nitrogen and oxygen atoms in total. The van der Waals surface area contributed by atoms with E-state index in [1.165, 1.54) is 6.33 Å². The molecule has 31 heavy (non-hydrogen) atoms. The number of aromatic amines is 1. The zero-order valence-corrected chi connectivity index (χ0v) is 17.6. The van der Waals surface area contributed by atoms with Crippen molar-refractivity contribution in [2.75, 3.05) is 25.1 Å². The fourth-order valence-electron chi connectivity index (χ4n) is 3.70. The molecule has 1 aliphatic heterocycles. The summed E-state index contributed by atoms with van der Waals surface area (Å²) < 4.78 is 11.3. The molecule has 3 aromatic rings. The van der Waals surface area contributed by atoms with Crippen molar-refractivity contribution < 1.29 is 19.4 Å². The van der Waals surface area contributed by atoms with E-state index in [9.17, 15) is 9.90 Å². The molecule has 1 saturated heterocycles. The lowest BCUT2D eigenvalue weighted by atomic mass is 10.0. The summed E-state index contributed by atoms with van der Waals surface area (Å²) in [6.45, 7) is 3.29. The quantitative estimate of drug-likeness (QED) is 0.357. The minimum Gasteiger partial charge on any atom is -0.494 e. The van der Waals surface area contributed by atoms with E-state index in [1.54, 1.807) is 18.3 Å². The van der Waals surface area contributed by atoms with Crippen molar-refractivity contribution in [3.63, 3.8) is 0 Å². The van der Waals surface area contributed by atoms with Gasteiger partial charge in [0.25, 0.3) is 0 Å². The standard InChI is InChI=1S/C23H28N4O4/c1-2-3-10-30-17-7-4-15(5-8-17)21(29)19-11-24-22-20(19)23(26-14-25-22)27-16-6-9-18(12-28)31-13-16/h4-5,7-8,11,14,16,18,28H,2-3,6,9-10,12-13H2,1H3,(H2,24,25,26,27)/t16-,18+/m1/s1. The van der Waals surface area contributed by atoms with Gasteiger partial charge in [-0.2, -0.15) is 0 Å². The number of aromatic nitrogens is 3. The van der Waals surface area contributed by atoms with E-state index in [4.69, 9.17) is 9.47 Å². The number of carbonyl (C=O) groups excluding carboxylic acids is 1. The normalized spacial score (nSPS) is 18.8. The SMILES string of the molecule is CCCCOc1ccc(C(=O)c2c[nH]c3ncnc(N[C@@H]4CC[C@@H](CO)OC4)c23)cc1. The lowest BCUT2D eigenvalue weighted by molar-refractivity contribution is -0.0224. The Morgan fingerprint density at radius 3 is 2.84 bits per heavy atom. The molecule has 3 heterocycles. The minimum absolute atomic E-state index is 0.0311. The molecule has 1 aliphatic rings. The summed E-state index contributed by atoms with van der Waals surface area (Å²) >= 11 is 0. The molecule has 2 aromatic heterocycles. The van der Waals surface area contributed by atoms with Gasteiger partial charge in [-0.25, -0.2) is 9.97 Å². The number of rotatable bonds is 9. The van der Waals surface area contributed by atoms with Crippen molar-refractivity contribution in [3.8, 4) is 5.75 Å². The molecule has 4 rings (SSSR count). The number of nitrogens with zero attached hydrogens (tertiary/aromatic N) is 2. The Bertz CT molecular complexity index is 1010. The maximum Gasteiger partial charge on any atom is 0.195 e. The molecule has 0 saturated carbocycles. The number of aliphatic hydroxyl groups excluding tert-OH is 1. The van der Waals surface area contributed by atoms with E-state index < -0.39 is 0 Å². The number of hydrogen-bond acceptors (Lipinski definition) is 7. The summed E-state index contributed by atoms with van der Waals surface area (Å²) in [5, 5.41) is 13.3. The fraction of sp³-hybridized carbons (Fsp3) is 0.435. The summed E-state index contributed by atoms with van der Waals surface area (Å²) in [5.74, 6) is 1.25. The highest BCUT2D eigenvalue weighted by molar-refractivity contribution is 6.18. The number of hydrogen-bond donors (Lipinski definition) is 3. The van der Waals surface area contributed by atoms with Crippen molar-refractivity contribution in [1.82, 2.24) is 15.0 Å². The van der Waals surface area contributed by atoms with Crippen LogP contribution in [0.4, 0.5) is 5.82 Å². The Morgan fingerprint density at radius 2 is 2.13 bits per heavy atom. The molecule has 0 aliphatic carbocycles. The van der Waals surface area contributed by atoms with Crippen molar-refractivity contribution in [3.05, 3.63) is 47.9 Å². The molecule has 0 radical (unpaired) electrons. The molecule has 1 aromatic carbocycles. The number of ketones is 1. The maximum absolute atomic E-state index is 13.2. The third kappa shape index (κ3) is 4.86. The van der Waals surface area contributed by atoms with Crippen LogP contribution in [0.2, 0.25) is 0 Å². The zero-order chi connectivity index (χ0) is 21.6. The minimum atomic E-state index is -0.109. The van der Waals surface area contributed by atoms with Crippen molar-refractivity contribution in [2.24, 2.45) is 0 Å². The van der Waals surface area contributed by atoms with Crippen LogP contribution in [0.5, 0.6) is 5.75 Å². The van der Waals surface area contributed by atoms with Crippen molar-refractivity contribution >= 4 is 22.6 Å². The average Bonchev–Trinajstić information content (AvgIpc) is 3.25. The molecular formula is C23H28N4O4. The van der Waals surface area contributed by atoms with Gasteiger partial charge in [0.2, 0.25) is 0 Å². The number of H-pyrrole nitrogens is 1. The second-order valence-electron chi connectivity index (χ2n) is 7.76. The predicted molar refractivity (Wildman–Crippen MR) is 118 cm³/mol. The van der Waals surface area contributed by atoms with Gasteiger partial charge in [-0.05, 0) is 43.5 Å². The van der Waals surface area contributed by atoms with Crippen LogP contribution in [0.25, 0.3) is 11.0 Å². The molecule has 3 N–H and O–H groups in total. The van der Waals surface area contributed by atoms with Crippen LogP contribution < -0.4 is 10.1 Å². The first-order valence-corrected chi connectivity index (χ1v) is 10.8. The Hall–Kier alpha value is -2.97. The van der Waals surface area contributed by atoms with E-state index in [0.29, 0.717) is 41.2 Å². The summed E-state index contributed by atoms with van der Waals surface area (Å²) in [4.78, 5) is 25.0. The first-order valence-electron chi connectivity index (χ1n) is 10.8. The highest BCUT2D eigenvalue weighted by Crippen LogP contribution is 2.28. The number of fused-ring (bicyclic) bond motifs is 1. The van der Waals surface area contributed by atoms with Crippen molar-refractivity contribution in [1.29, 1.82) is 0 Å². The molecule has 2 atom stereocenters.